The van der Waals surface area contributed by atoms with E-state index in [1.807, 2.05) is 48.1 Å². The van der Waals surface area contributed by atoms with Gasteiger partial charge in [-0.05, 0) is 17.7 Å². The normalized spacial score (nSPS) is 11.9. The van der Waals surface area contributed by atoms with Gasteiger partial charge in [0.25, 0.3) is 5.91 Å². The van der Waals surface area contributed by atoms with E-state index in [4.69, 9.17) is 0 Å². The van der Waals surface area contributed by atoms with Crippen LogP contribution in [0.25, 0.3) is 0 Å². The molecule has 1 N–H and O–H groups in total. The van der Waals surface area contributed by atoms with Crippen molar-refractivity contribution in [2.24, 2.45) is 7.05 Å². The van der Waals surface area contributed by atoms with E-state index in [-0.39, 0.29) is 11.9 Å². The molecule has 0 aliphatic rings. The third-order valence-electron chi connectivity index (χ3n) is 3.47. The van der Waals surface area contributed by atoms with E-state index in [1.165, 1.54) is 0 Å². The van der Waals surface area contributed by atoms with Crippen molar-refractivity contribution in [1.82, 2.24) is 19.9 Å². The van der Waals surface area contributed by atoms with E-state index >= 15 is 0 Å². The van der Waals surface area contributed by atoms with Crippen molar-refractivity contribution in [2.45, 2.75) is 6.04 Å². The Bertz CT molecular complexity index is 753. The number of hydrogen-bond donors (Lipinski definition) is 1. The number of carbonyl (C=O) groups is 1. The molecule has 0 bridgehead atoms. The maximum Gasteiger partial charge on any atom is 0.252 e. The number of hydrogen-bond acceptors (Lipinski definition) is 3. The number of aromatic nitrogens is 3. The van der Waals surface area contributed by atoms with Crippen molar-refractivity contribution < 1.29 is 4.79 Å². The lowest BCUT2D eigenvalue weighted by Gasteiger charge is -2.19. The van der Waals surface area contributed by atoms with Crippen LogP contribution in [-0.2, 0) is 7.05 Å². The minimum Gasteiger partial charge on any atom is -0.338 e. The third-order valence-corrected chi connectivity index (χ3v) is 3.47. The molecule has 0 aliphatic carbocycles. The SMILES string of the molecule is Cn1ccnc1C(NC(=O)c1ccncc1)c1ccccc1. The van der Waals surface area contributed by atoms with Crippen molar-refractivity contribution >= 4 is 5.91 Å². The van der Waals surface area contributed by atoms with Gasteiger partial charge in [0.1, 0.15) is 11.9 Å². The molecular weight excluding hydrogens is 276 g/mol. The van der Waals surface area contributed by atoms with Crippen LogP contribution < -0.4 is 5.32 Å². The van der Waals surface area contributed by atoms with E-state index in [2.05, 4.69) is 15.3 Å². The monoisotopic (exact) mass is 292 g/mol. The van der Waals surface area contributed by atoms with Crippen LogP contribution in [0.3, 0.4) is 0 Å². The Kier molecular flexibility index (Phi) is 3.96. The van der Waals surface area contributed by atoms with Gasteiger partial charge < -0.3 is 9.88 Å². The Labute approximate surface area is 128 Å². The fourth-order valence-electron chi connectivity index (χ4n) is 2.32. The molecular formula is C17H16N4O. The van der Waals surface area contributed by atoms with Crippen molar-refractivity contribution in [2.75, 3.05) is 0 Å². The predicted molar refractivity (Wildman–Crippen MR) is 83.2 cm³/mol. The Morgan fingerprint density at radius 2 is 1.82 bits per heavy atom. The lowest BCUT2D eigenvalue weighted by Crippen LogP contribution is -2.31. The minimum atomic E-state index is -0.304. The Morgan fingerprint density at radius 3 is 2.45 bits per heavy atom. The maximum absolute atomic E-state index is 12.5. The fourth-order valence-corrected chi connectivity index (χ4v) is 2.32. The van der Waals surface area contributed by atoms with E-state index in [0.29, 0.717) is 5.56 Å². The molecule has 0 spiro atoms. The molecule has 1 aromatic carbocycles. The number of rotatable bonds is 4. The highest BCUT2D eigenvalue weighted by Crippen LogP contribution is 2.20. The molecule has 1 unspecified atom stereocenters. The molecule has 0 radical (unpaired) electrons. The van der Waals surface area contributed by atoms with Gasteiger partial charge in [-0.25, -0.2) is 4.98 Å². The summed E-state index contributed by atoms with van der Waals surface area (Å²) in [6.07, 6.45) is 6.80. The second kappa shape index (κ2) is 6.22. The van der Waals surface area contributed by atoms with Gasteiger partial charge in [-0.3, -0.25) is 9.78 Å². The number of pyridine rings is 1. The second-order valence-electron chi connectivity index (χ2n) is 4.95. The van der Waals surface area contributed by atoms with Gasteiger partial charge in [0, 0.05) is 37.4 Å². The first-order valence-electron chi connectivity index (χ1n) is 6.99. The molecule has 5 heteroatoms. The molecule has 3 rings (SSSR count). The summed E-state index contributed by atoms with van der Waals surface area (Å²) < 4.78 is 1.91. The van der Waals surface area contributed by atoms with Crippen molar-refractivity contribution in [3.63, 3.8) is 0 Å². The summed E-state index contributed by atoms with van der Waals surface area (Å²) >= 11 is 0. The van der Waals surface area contributed by atoms with E-state index in [0.717, 1.165) is 11.4 Å². The summed E-state index contributed by atoms with van der Waals surface area (Å²) in [4.78, 5) is 20.8. The lowest BCUT2D eigenvalue weighted by molar-refractivity contribution is 0.0941. The molecule has 1 amide bonds. The van der Waals surface area contributed by atoms with Crippen LogP contribution in [0.1, 0.15) is 27.8 Å². The molecule has 0 aliphatic heterocycles. The van der Waals surface area contributed by atoms with Gasteiger partial charge in [0.15, 0.2) is 0 Å². The van der Waals surface area contributed by atoms with Crippen molar-refractivity contribution in [1.29, 1.82) is 0 Å². The van der Waals surface area contributed by atoms with Gasteiger partial charge in [-0.1, -0.05) is 30.3 Å². The van der Waals surface area contributed by atoms with Crippen LogP contribution >= 0.6 is 0 Å². The summed E-state index contributed by atoms with van der Waals surface area (Å²) in [7, 11) is 1.91. The molecule has 3 aromatic rings. The zero-order valence-corrected chi connectivity index (χ0v) is 12.2. The quantitative estimate of drug-likeness (QED) is 0.803. The Hall–Kier alpha value is -2.95. The van der Waals surface area contributed by atoms with Crippen LogP contribution in [0.2, 0.25) is 0 Å². The molecule has 2 heterocycles. The summed E-state index contributed by atoms with van der Waals surface area (Å²) in [6.45, 7) is 0. The largest absolute Gasteiger partial charge is 0.338 e. The number of nitrogens with one attached hydrogen (secondary N) is 1. The number of benzene rings is 1. The first kappa shape index (κ1) is 14.0. The highest BCUT2D eigenvalue weighted by atomic mass is 16.1. The Balaban J connectivity index is 1.93. The minimum absolute atomic E-state index is 0.153. The van der Waals surface area contributed by atoms with E-state index in [9.17, 15) is 4.79 Å². The smallest absolute Gasteiger partial charge is 0.252 e. The molecule has 2 aromatic heterocycles. The predicted octanol–water partition coefficient (Wildman–Crippen LogP) is 2.33. The summed E-state index contributed by atoms with van der Waals surface area (Å²) in [5, 5.41) is 3.04. The second-order valence-corrected chi connectivity index (χ2v) is 4.95. The number of carbonyl (C=O) groups excluding carboxylic acids is 1. The van der Waals surface area contributed by atoms with Crippen molar-refractivity contribution in [3.8, 4) is 0 Å². The zero-order chi connectivity index (χ0) is 15.4. The average molecular weight is 292 g/mol. The number of aryl methyl sites for hydroxylation is 1. The number of amides is 1. The summed E-state index contributed by atoms with van der Waals surface area (Å²) in [5.41, 5.74) is 1.56. The zero-order valence-electron chi connectivity index (χ0n) is 12.2. The van der Waals surface area contributed by atoms with E-state index in [1.54, 1.807) is 30.7 Å². The molecule has 110 valence electrons. The molecule has 22 heavy (non-hydrogen) atoms. The average Bonchev–Trinajstić information content (AvgIpc) is 3.00. The number of nitrogens with zero attached hydrogens (tertiary/aromatic N) is 3. The highest BCUT2D eigenvalue weighted by Gasteiger charge is 2.21. The van der Waals surface area contributed by atoms with Crippen LogP contribution in [0.15, 0.2) is 67.3 Å². The van der Waals surface area contributed by atoms with Gasteiger partial charge in [-0.2, -0.15) is 0 Å². The van der Waals surface area contributed by atoms with Crippen LogP contribution in [-0.4, -0.2) is 20.4 Å². The van der Waals surface area contributed by atoms with E-state index < -0.39 is 0 Å². The van der Waals surface area contributed by atoms with Crippen LogP contribution in [0.4, 0.5) is 0 Å². The van der Waals surface area contributed by atoms with Gasteiger partial charge in [0.2, 0.25) is 0 Å². The molecule has 0 saturated heterocycles. The van der Waals surface area contributed by atoms with Crippen LogP contribution in [0.5, 0.6) is 0 Å². The topological polar surface area (TPSA) is 59.8 Å². The van der Waals surface area contributed by atoms with Crippen LogP contribution in [0, 0.1) is 0 Å². The van der Waals surface area contributed by atoms with Gasteiger partial charge in [-0.15, -0.1) is 0 Å². The highest BCUT2D eigenvalue weighted by molar-refractivity contribution is 5.94. The first-order chi connectivity index (χ1) is 10.8. The molecule has 0 saturated carbocycles. The first-order valence-corrected chi connectivity index (χ1v) is 6.99. The molecule has 1 atom stereocenters. The maximum atomic E-state index is 12.5. The number of imidazole rings is 1. The third kappa shape index (κ3) is 2.88. The lowest BCUT2D eigenvalue weighted by atomic mass is 10.1. The standard InChI is InChI=1S/C17H16N4O/c1-21-12-11-19-16(21)15(13-5-3-2-4-6-13)20-17(22)14-7-9-18-10-8-14/h2-12,15H,1H3,(H,20,22). The van der Waals surface area contributed by atoms with Crippen molar-refractivity contribution in [3.05, 3.63) is 84.2 Å². The fraction of sp³-hybridized carbons (Fsp3) is 0.118. The molecule has 5 nitrogen and oxygen atoms in total. The summed E-state index contributed by atoms with van der Waals surface area (Å²) in [6, 6.07) is 12.9. The molecule has 0 fully saturated rings. The van der Waals surface area contributed by atoms with Gasteiger partial charge >= 0.3 is 0 Å². The summed E-state index contributed by atoms with van der Waals surface area (Å²) in [5.74, 6) is 0.632. The van der Waals surface area contributed by atoms with Gasteiger partial charge in [0.05, 0.1) is 0 Å². The Morgan fingerprint density at radius 1 is 1.09 bits per heavy atom.